The van der Waals surface area contributed by atoms with Crippen LogP contribution >= 0.6 is 0 Å². The zero-order valence-electron chi connectivity index (χ0n) is 17.9. The van der Waals surface area contributed by atoms with Crippen molar-refractivity contribution in [3.05, 3.63) is 132 Å². The Morgan fingerprint density at radius 1 is 0.606 bits per heavy atom. The molecule has 2 atom stereocenters. The van der Waals surface area contributed by atoms with E-state index in [1.54, 1.807) is 0 Å². The maximum Gasteiger partial charge on any atom is 0.141 e. The molecule has 0 radical (unpaired) electrons. The van der Waals surface area contributed by atoms with Gasteiger partial charge in [-0.15, -0.1) is 0 Å². The van der Waals surface area contributed by atoms with Gasteiger partial charge in [0.15, 0.2) is 0 Å². The Labute approximate surface area is 191 Å². The van der Waals surface area contributed by atoms with Gasteiger partial charge in [0.1, 0.15) is 5.60 Å². The Bertz CT molecular complexity index is 1630. The average molecular weight is 427 g/mol. The first-order valence-corrected chi connectivity index (χ1v) is 11.3. The molecule has 2 unspecified atom stereocenters. The second-order valence-corrected chi connectivity index (χ2v) is 8.86. The molecular weight excluding hydrogens is 404 g/mol. The van der Waals surface area contributed by atoms with Crippen molar-refractivity contribution in [1.29, 1.82) is 0 Å². The van der Waals surface area contributed by atoms with Gasteiger partial charge in [-0.2, -0.15) is 0 Å². The summed E-state index contributed by atoms with van der Waals surface area (Å²) in [4.78, 5) is 7.33. The van der Waals surface area contributed by atoms with Crippen LogP contribution in [-0.4, -0.2) is 15.1 Å². The summed E-state index contributed by atoms with van der Waals surface area (Å²) in [6.07, 6.45) is 0. The molecule has 0 bridgehead atoms. The number of nitrogens with one attached hydrogen (secondary N) is 2. The van der Waals surface area contributed by atoms with Gasteiger partial charge < -0.3 is 15.1 Å². The lowest BCUT2D eigenvalue weighted by Gasteiger charge is -2.41. The topological polar surface area (TPSA) is 51.8 Å². The molecule has 3 nitrogen and oxygen atoms in total. The predicted molar refractivity (Wildman–Crippen MR) is 133 cm³/mol. The van der Waals surface area contributed by atoms with Crippen LogP contribution in [0.4, 0.5) is 0 Å². The molecule has 158 valence electrons. The second-order valence-electron chi connectivity index (χ2n) is 8.86. The third kappa shape index (κ3) is 2.43. The summed E-state index contributed by atoms with van der Waals surface area (Å²) in [5.41, 5.74) is 6.90. The van der Waals surface area contributed by atoms with Gasteiger partial charge in [0, 0.05) is 27.4 Å². The first-order chi connectivity index (χ1) is 16.3. The molecule has 2 heterocycles. The van der Waals surface area contributed by atoms with Gasteiger partial charge in [-0.05, 0) is 28.8 Å². The highest BCUT2D eigenvalue weighted by Crippen LogP contribution is 2.57. The first-order valence-electron chi connectivity index (χ1n) is 11.3. The van der Waals surface area contributed by atoms with E-state index in [9.17, 15) is 5.11 Å². The van der Waals surface area contributed by atoms with Crippen molar-refractivity contribution in [2.75, 3.05) is 0 Å². The number of rotatable bonds is 2. The molecule has 3 heteroatoms. The smallest absolute Gasteiger partial charge is 0.141 e. The van der Waals surface area contributed by atoms with Crippen molar-refractivity contribution in [1.82, 2.24) is 9.97 Å². The van der Waals surface area contributed by atoms with Crippen LogP contribution in [0.15, 0.2) is 109 Å². The van der Waals surface area contributed by atoms with E-state index in [-0.39, 0.29) is 5.92 Å². The van der Waals surface area contributed by atoms with Crippen LogP contribution in [0.25, 0.3) is 33.1 Å². The van der Waals surface area contributed by atoms with Crippen molar-refractivity contribution in [2.24, 2.45) is 0 Å². The number of benzene rings is 4. The van der Waals surface area contributed by atoms with Gasteiger partial charge in [-0.25, -0.2) is 0 Å². The molecule has 1 aliphatic carbocycles. The number of para-hydroxylation sites is 2. The van der Waals surface area contributed by atoms with Gasteiger partial charge >= 0.3 is 0 Å². The minimum atomic E-state index is -1.27. The van der Waals surface area contributed by atoms with Crippen LogP contribution in [0.1, 0.15) is 28.3 Å². The molecule has 33 heavy (non-hydrogen) atoms. The van der Waals surface area contributed by atoms with Crippen molar-refractivity contribution in [3.8, 4) is 11.3 Å². The molecule has 0 fully saturated rings. The highest BCUT2D eigenvalue weighted by atomic mass is 16.3. The Balaban J connectivity index is 1.70. The molecule has 0 saturated carbocycles. The molecular formula is C30H22N2O. The Kier molecular flexibility index (Phi) is 3.76. The minimum absolute atomic E-state index is 0.284. The maximum absolute atomic E-state index is 12.9. The highest BCUT2D eigenvalue weighted by molar-refractivity contribution is 6.04. The fraction of sp³-hybridized carbons (Fsp3) is 0.0667. The molecule has 6 aromatic rings. The fourth-order valence-corrected chi connectivity index (χ4v) is 5.76. The predicted octanol–water partition coefficient (Wildman–Crippen LogP) is 6.70. The minimum Gasteiger partial charge on any atom is -0.378 e. The zero-order valence-corrected chi connectivity index (χ0v) is 17.9. The van der Waals surface area contributed by atoms with E-state index in [1.807, 2.05) is 42.5 Å². The summed E-state index contributed by atoms with van der Waals surface area (Å²) >= 11 is 0. The lowest BCUT2D eigenvalue weighted by Crippen LogP contribution is -2.39. The molecule has 0 saturated heterocycles. The highest BCUT2D eigenvalue weighted by Gasteiger charge is 2.50. The number of aromatic nitrogens is 2. The Morgan fingerprint density at radius 3 is 1.91 bits per heavy atom. The van der Waals surface area contributed by atoms with Crippen LogP contribution in [0.2, 0.25) is 0 Å². The summed E-state index contributed by atoms with van der Waals surface area (Å²) < 4.78 is 0. The maximum atomic E-state index is 12.9. The summed E-state index contributed by atoms with van der Waals surface area (Å²) in [5, 5.41) is 15.1. The number of aliphatic hydroxyl groups is 1. The van der Waals surface area contributed by atoms with Crippen LogP contribution in [-0.2, 0) is 5.60 Å². The Morgan fingerprint density at radius 2 is 1.18 bits per heavy atom. The molecule has 0 aliphatic heterocycles. The molecule has 3 N–H and O–H groups in total. The van der Waals surface area contributed by atoms with Crippen LogP contribution in [0, 0.1) is 0 Å². The number of aromatic amines is 2. The molecule has 1 aliphatic rings. The number of H-pyrrole nitrogens is 2. The molecule has 2 aromatic heterocycles. The van der Waals surface area contributed by atoms with Crippen molar-refractivity contribution < 1.29 is 5.11 Å². The number of hydrogen-bond acceptors (Lipinski definition) is 1. The van der Waals surface area contributed by atoms with E-state index < -0.39 is 5.60 Å². The van der Waals surface area contributed by atoms with E-state index >= 15 is 0 Å². The largest absolute Gasteiger partial charge is 0.378 e. The summed E-state index contributed by atoms with van der Waals surface area (Å²) in [6, 6.07) is 37.2. The van der Waals surface area contributed by atoms with E-state index in [4.69, 9.17) is 0 Å². The van der Waals surface area contributed by atoms with Gasteiger partial charge in [0.2, 0.25) is 0 Å². The monoisotopic (exact) mass is 426 g/mol. The van der Waals surface area contributed by atoms with Crippen molar-refractivity contribution in [2.45, 2.75) is 11.5 Å². The number of fused-ring (bicyclic) bond motifs is 7. The van der Waals surface area contributed by atoms with E-state index in [2.05, 4.69) is 76.7 Å². The third-order valence-corrected chi connectivity index (χ3v) is 7.14. The quantitative estimate of drug-likeness (QED) is 0.284. The second kappa shape index (κ2) is 6.71. The zero-order chi connectivity index (χ0) is 22.0. The molecule has 0 amide bonds. The van der Waals surface area contributed by atoms with Crippen LogP contribution in [0.5, 0.6) is 0 Å². The van der Waals surface area contributed by atoms with E-state index in [1.165, 1.54) is 0 Å². The van der Waals surface area contributed by atoms with Crippen molar-refractivity contribution >= 4 is 21.8 Å². The Hall–Kier alpha value is -4.08. The van der Waals surface area contributed by atoms with E-state index in [0.29, 0.717) is 0 Å². The summed E-state index contributed by atoms with van der Waals surface area (Å²) in [6.45, 7) is 0. The van der Waals surface area contributed by atoms with Crippen molar-refractivity contribution in [3.63, 3.8) is 0 Å². The molecule has 7 rings (SSSR count). The van der Waals surface area contributed by atoms with Gasteiger partial charge in [-0.1, -0.05) is 97.1 Å². The van der Waals surface area contributed by atoms with E-state index in [0.717, 1.165) is 55.4 Å². The number of hydrogen-bond donors (Lipinski definition) is 3. The fourth-order valence-electron chi connectivity index (χ4n) is 5.76. The van der Waals surface area contributed by atoms with Crippen LogP contribution < -0.4 is 0 Å². The lowest BCUT2D eigenvalue weighted by atomic mass is 9.66. The third-order valence-electron chi connectivity index (χ3n) is 7.14. The molecule has 0 spiro atoms. The SMILES string of the molecule is OC1(c2ccccc2)c2[nH]c3ccccc3c2-c2[nH]c3ccccc3c2C1c1ccccc1. The first kappa shape index (κ1) is 18.5. The van der Waals surface area contributed by atoms with Gasteiger partial charge in [-0.3, -0.25) is 0 Å². The summed E-state index contributed by atoms with van der Waals surface area (Å²) in [7, 11) is 0. The summed E-state index contributed by atoms with van der Waals surface area (Å²) in [5.74, 6) is -0.284. The standard InChI is InChI=1S/C30H22N2O/c33-30(20-13-5-2-6-14-20)27(19-11-3-1-4-12-19)25-21-15-7-9-17-23(21)31-28(25)26-22-16-8-10-18-24(22)32-29(26)30/h1-18,27,31-33H. The normalized spacial score (nSPS) is 19.5. The van der Waals surface area contributed by atoms with Gasteiger partial charge in [0.25, 0.3) is 0 Å². The molecule has 4 aromatic carbocycles. The van der Waals surface area contributed by atoms with Gasteiger partial charge in [0.05, 0.1) is 17.3 Å². The lowest BCUT2D eigenvalue weighted by molar-refractivity contribution is 0.0580. The van der Waals surface area contributed by atoms with Crippen LogP contribution in [0.3, 0.4) is 0 Å². The average Bonchev–Trinajstić information content (AvgIpc) is 3.45.